The molecule has 0 saturated heterocycles. The number of methoxy groups -OCH3 is 1. The van der Waals surface area contributed by atoms with E-state index in [1.165, 1.54) is 96.3 Å². The fraction of sp³-hybridized carbons (Fsp3) is 0.731. The molecule has 1 N–H and O–H groups in total. The fourth-order valence-electron chi connectivity index (χ4n) is 3.80. The fourth-order valence-corrected chi connectivity index (χ4v) is 3.80. The monoisotopic (exact) mass is 403 g/mol. The summed E-state index contributed by atoms with van der Waals surface area (Å²) in [6.45, 7) is 3.03. The van der Waals surface area contributed by atoms with Crippen molar-refractivity contribution in [2.75, 3.05) is 13.7 Å². The number of carbonyl (C=O) groups excluding carboxylic acids is 1. The number of benzene rings is 1. The summed E-state index contributed by atoms with van der Waals surface area (Å²) in [7, 11) is 1.60. The molecule has 1 aromatic rings. The summed E-state index contributed by atoms with van der Waals surface area (Å²) in [4.78, 5) is 12.2. The molecule has 0 heterocycles. The molecule has 3 nitrogen and oxygen atoms in total. The number of unbranched alkanes of at least 4 members (excludes halogenated alkanes) is 15. The Hall–Kier alpha value is -1.51. The summed E-state index contributed by atoms with van der Waals surface area (Å²) in [6.07, 6.45) is 21.8. The number of hydrogen-bond donors (Lipinski definition) is 1. The highest BCUT2D eigenvalue weighted by Crippen LogP contribution is 2.17. The first kappa shape index (κ1) is 25.5. The van der Waals surface area contributed by atoms with E-state index in [2.05, 4.69) is 12.2 Å². The highest BCUT2D eigenvalue weighted by Gasteiger charge is 2.10. The standard InChI is InChI=1S/C26H45NO2/c1-3-4-5-6-7-8-9-10-11-12-13-14-15-16-17-20-23-27-26(28)24-21-18-19-22-25(24)29-2/h18-19,21-22H,3-17,20,23H2,1-2H3,(H,27,28). The minimum Gasteiger partial charge on any atom is -0.496 e. The summed E-state index contributed by atoms with van der Waals surface area (Å²) in [5.41, 5.74) is 0.617. The van der Waals surface area contributed by atoms with Crippen molar-refractivity contribution in [3.63, 3.8) is 0 Å². The summed E-state index contributed by atoms with van der Waals surface area (Å²) in [6, 6.07) is 7.38. The van der Waals surface area contributed by atoms with Crippen LogP contribution in [0.4, 0.5) is 0 Å². The second kappa shape index (κ2) is 18.5. The van der Waals surface area contributed by atoms with Gasteiger partial charge in [0.05, 0.1) is 12.7 Å². The Morgan fingerprint density at radius 3 is 1.66 bits per heavy atom. The van der Waals surface area contributed by atoms with Crippen molar-refractivity contribution >= 4 is 5.91 Å². The Kier molecular flexibility index (Phi) is 16.3. The maximum absolute atomic E-state index is 12.2. The van der Waals surface area contributed by atoms with Crippen LogP contribution in [0.5, 0.6) is 5.75 Å². The number of hydrogen-bond acceptors (Lipinski definition) is 2. The van der Waals surface area contributed by atoms with Crippen LogP contribution in [0.15, 0.2) is 24.3 Å². The van der Waals surface area contributed by atoms with Crippen LogP contribution in [0.2, 0.25) is 0 Å². The van der Waals surface area contributed by atoms with Gasteiger partial charge in [-0.15, -0.1) is 0 Å². The van der Waals surface area contributed by atoms with Gasteiger partial charge in [-0.3, -0.25) is 4.79 Å². The molecule has 0 aliphatic heterocycles. The van der Waals surface area contributed by atoms with Crippen LogP contribution in [0.3, 0.4) is 0 Å². The van der Waals surface area contributed by atoms with Gasteiger partial charge in [-0.2, -0.15) is 0 Å². The molecule has 0 aliphatic rings. The van der Waals surface area contributed by atoms with Crippen molar-refractivity contribution in [2.45, 2.75) is 110 Å². The van der Waals surface area contributed by atoms with E-state index in [0.29, 0.717) is 11.3 Å². The molecule has 0 aliphatic carbocycles. The SMILES string of the molecule is CCCCCCCCCCCCCCCCCCNC(=O)c1ccccc1OC. The lowest BCUT2D eigenvalue weighted by Gasteiger charge is -2.09. The summed E-state index contributed by atoms with van der Waals surface area (Å²) in [5.74, 6) is 0.598. The molecule has 1 amide bonds. The molecule has 166 valence electrons. The van der Waals surface area contributed by atoms with E-state index in [1.54, 1.807) is 7.11 Å². The van der Waals surface area contributed by atoms with Crippen molar-refractivity contribution in [2.24, 2.45) is 0 Å². The third-order valence-electron chi connectivity index (χ3n) is 5.67. The second-order valence-corrected chi connectivity index (χ2v) is 8.26. The Morgan fingerprint density at radius 2 is 1.17 bits per heavy atom. The highest BCUT2D eigenvalue weighted by atomic mass is 16.5. The predicted octanol–water partition coefficient (Wildman–Crippen LogP) is 7.69. The average Bonchev–Trinajstić information content (AvgIpc) is 2.75. The predicted molar refractivity (Wildman–Crippen MR) is 125 cm³/mol. The summed E-state index contributed by atoms with van der Waals surface area (Å²) in [5, 5.41) is 3.00. The second-order valence-electron chi connectivity index (χ2n) is 8.26. The summed E-state index contributed by atoms with van der Waals surface area (Å²) < 4.78 is 5.24. The van der Waals surface area contributed by atoms with Gasteiger partial charge in [0.2, 0.25) is 0 Å². The number of rotatable bonds is 19. The molecule has 1 aromatic carbocycles. The molecule has 0 radical (unpaired) electrons. The van der Waals surface area contributed by atoms with Gasteiger partial charge in [-0.1, -0.05) is 115 Å². The lowest BCUT2D eigenvalue weighted by molar-refractivity contribution is 0.0950. The number of nitrogens with one attached hydrogen (secondary N) is 1. The highest BCUT2D eigenvalue weighted by molar-refractivity contribution is 5.96. The normalized spacial score (nSPS) is 10.8. The van der Waals surface area contributed by atoms with Gasteiger partial charge in [0.1, 0.15) is 5.75 Å². The molecular formula is C26H45NO2. The van der Waals surface area contributed by atoms with Gasteiger partial charge in [0, 0.05) is 6.54 Å². The van der Waals surface area contributed by atoms with Gasteiger partial charge < -0.3 is 10.1 Å². The molecule has 0 saturated carbocycles. The van der Waals surface area contributed by atoms with Gasteiger partial charge in [-0.05, 0) is 18.6 Å². The van der Waals surface area contributed by atoms with Crippen molar-refractivity contribution < 1.29 is 9.53 Å². The zero-order valence-corrected chi connectivity index (χ0v) is 19.1. The zero-order valence-electron chi connectivity index (χ0n) is 19.1. The van der Waals surface area contributed by atoms with E-state index >= 15 is 0 Å². The van der Waals surface area contributed by atoms with Crippen molar-refractivity contribution in [3.05, 3.63) is 29.8 Å². The third kappa shape index (κ3) is 13.4. The van der Waals surface area contributed by atoms with Crippen LogP contribution >= 0.6 is 0 Å². The molecule has 0 atom stereocenters. The maximum atomic E-state index is 12.2. The number of carbonyl (C=O) groups is 1. The van der Waals surface area contributed by atoms with Gasteiger partial charge in [0.25, 0.3) is 5.91 Å². The summed E-state index contributed by atoms with van der Waals surface area (Å²) >= 11 is 0. The number of para-hydroxylation sites is 1. The number of ether oxygens (including phenoxy) is 1. The van der Waals surface area contributed by atoms with Crippen molar-refractivity contribution in [1.82, 2.24) is 5.32 Å². The van der Waals surface area contributed by atoms with Crippen LogP contribution in [0.25, 0.3) is 0 Å². The van der Waals surface area contributed by atoms with E-state index < -0.39 is 0 Å². The van der Waals surface area contributed by atoms with E-state index in [9.17, 15) is 4.79 Å². The quantitative estimate of drug-likeness (QED) is 0.240. The van der Waals surface area contributed by atoms with E-state index in [0.717, 1.165) is 13.0 Å². The Morgan fingerprint density at radius 1 is 0.724 bits per heavy atom. The molecule has 0 bridgehead atoms. The van der Waals surface area contributed by atoms with Crippen molar-refractivity contribution in [1.29, 1.82) is 0 Å². The van der Waals surface area contributed by atoms with Crippen LogP contribution in [0.1, 0.15) is 120 Å². The number of amides is 1. The first-order valence-electron chi connectivity index (χ1n) is 12.2. The average molecular weight is 404 g/mol. The molecule has 29 heavy (non-hydrogen) atoms. The van der Waals surface area contributed by atoms with E-state index in [4.69, 9.17) is 4.74 Å². The van der Waals surface area contributed by atoms with Crippen LogP contribution in [-0.2, 0) is 0 Å². The molecule has 1 rings (SSSR count). The molecule has 0 fully saturated rings. The first-order valence-corrected chi connectivity index (χ1v) is 12.2. The molecule has 0 unspecified atom stereocenters. The lowest BCUT2D eigenvalue weighted by Crippen LogP contribution is -2.24. The maximum Gasteiger partial charge on any atom is 0.255 e. The first-order chi connectivity index (χ1) is 14.3. The van der Waals surface area contributed by atoms with E-state index in [1.807, 2.05) is 24.3 Å². The smallest absolute Gasteiger partial charge is 0.255 e. The minimum atomic E-state index is -0.0385. The minimum absolute atomic E-state index is 0.0385. The zero-order chi connectivity index (χ0) is 21.0. The van der Waals surface area contributed by atoms with Crippen LogP contribution < -0.4 is 10.1 Å². The lowest BCUT2D eigenvalue weighted by atomic mass is 10.0. The van der Waals surface area contributed by atoms with E-state index in [-0.39, 0.29) is 5.91 Å². The topological polar surface area (TPSA) is 38.3 Å². The van der Waals surface area contributed by atoms with Gasteiger partial charge in [-0.25, -0.2) is 0 Å². The third-order valence-corrected chi connectivity index (χ3v) is 5.67. The Labute approximate surface area is 180 Å². The molecule has 3 heteroatoms. The Balaban J connectivity index is 1.84. The van der Waals surface area contributed by atoms with Crippen molar-refractivity contribution in [3.8, 4) is 5.75 Å². The molecular weight excluding hydrogens is 358 g/mol. The van der Waals surface area contributed by atoms with Gasteiger partial charge >= 0.3 is 0 Å². The van der Waals surface area contributed by atoms with Crippen LogP contribution in [-0.4, -0.2) is 19.6 Å². The molecule has 0 spiro atoms. The molecule has 0 aromatic heterocycles. The largest absolute Gasteiger partial charge is 0.496 e. The van der Waals surface area contributed by atoms with Gasteiger partial charge in [0.15, 0.2) is 0 Å². The van der Waals surface area contributed by atoms with Crippen LogP contribution in [0, 0.1) is 0 Å². The Bertz CT molecular complexity index is 515.